The Bertz CT molecular complexity index is 1830. The minimum absolute atomic E-state index is 0.0420. The predicted octanol–water partition coefficient (Wildman–Crippen LogP) is 13.2. The van der Waals surface area contributed by atoms with Crippen LogP contribution in [0.1, 0.15) is 102 Å². The van der Waals surface area contributed by atoms with Crippen LogP contribution < -0.4 is 4.90 Å². The van der Waals surface area contributed by atoms with Crippen LogP contribution in [0.4, 0.5) is 17.1 Å². The van der Waals surface area contributed by atoms with E-state index in [0.717, 1.165) is 12.1 Å². The van der Waals surface area contributed by atoms with Gasteiger partial charge in [-0.25, -0.2) is 0 Å². The second kappa shape index (κ2) is 11.9. The summed E-state index contributed by atoms with van der Waals surface area (Å²) in [6.07, 6.45) is 3.50. The van der Waals surface area contributed by atoms with Crippen LogP contribution in [0.5, 0.6) is 0 Å². The number of aryl methyl sites for hydroxylation is 1. The van der Waals surface area contributed by atoms with Crippen LogP contribution in [0.2, 0.25) is 0 Å². The summed E-state index contributed by atoms with van der Waals surface area (Å²) in [4.78, 5) is 2.37. The van der Waals surface area contributed by atoms with Crippen molar-refractivity contribution >= 4 is 17.1 Å². The topological polar surface area (TPSA) is 3.24 Å². The van der Waals surface area contributed by atoms with Crippen molar-refractivity contribution in [1.29, 1.82) is 0 Å². The highest BCUT2D eigenvalue weighted by atomic mass is 15.1. The van der Waals surface area contributed by atoms with E-state index in [4.69, 9.17) is 0 Å². The summed E-state index contributed by atoms with van der Waals surface area (Å²) < 4.78 is 0. The largest absolute Gasteiger partial charge is 0.311 e. The molecule has 0 spiro atoms. The van der Waals surface area contributed by atoms with E-state index >= 15 is 0 Å². The molecule has 6 rings (SSSR count). The molecule has 0 bridgehead atoms. The average Bonchev–Trinajstić information content (AvgIpc) is 3.28. The van der Waals surface area contributed by atoms with Crippen LogP contribution in [0.15, 0.2) is 109 Å². The molecule has 0 saturated heterocycles. The monoisotopic (exact) mass is 605 g/mol. The molecule has 0 atom stereocenters. The van der Waals surface area contributed by atoms with Gasteiger partial charge in [-0.3, -0.25) is 0 Å². The number of anilines is 3. The molecular weight excluding hydrogens is 555 g/mol. The molecule has 1 aliphatic carbocycles. The highest BCUT2D eigenvalue weighted by molar-refractivity contribution is 5.85. The molecule has 236 valence electrons. The summed E-state index contributed by atoms with van der Waals surface area (Å²) in [6, 6.07) is 41.4. The van der Waals surface area contributed by atoms with Gasteiger partial charge in [0.25, 0.3) is 0 Å². The van der Waals surface area contributed by atoms with E-state index in [1.165, 1.54) is 74.3 Å². The van der Waals surface area contributed by atoms with Crippen molar-refractivity contribution in [3.8, 4) is 22.3 Å². The number of fused-ring (bicyclic) bond motifs is 3. The first-order valence-electron chi connectivity index (χ1n) is 17.2. The SMILES string of the molecule is CCCC(C)(C)c1ccc2c(c1)C(C)(C)c1cc(-c3ccc(N(c4ccc(C)cc4)c4ccc(C(C)(C)CC)cc4)cc3)ccc1-2. The van der Waals surface area contributed by atoms with Gasteiger partial charge in [-0.05, 0) is 118 Å². The van der Waals surface area contributed by atoms with Crippen LogP contribution in [0.25, 0.3) is 22.3 Å². The molecule has 1 heteroatoms. The first-order valence-corrected chi connectivity index (χ1v) is 17.2. The van der Waals surface area contributed by atoms with Gasteiger partial charge in [0.2, 0.25) is 0 Å². The second-order valence-electron chi connectivity index (χ2n) is 15.3. The fourth-order valence-electron chi connectivity index (χ4n) is 7.32. The van der Waals surface area contributed by atoms with Gasteiger partial charge in [-0.2, -0.15) is 0 Å². The summed E-state index contributed by atoms with van der Waals surface area (Å²) in [6.45, 7) is 20.9. The van der Waals surface area contributed by atoms with E-state index in [2.05, 4.69) is 176 Å². The Kier molecular flexibility index (Phi) is 8.26. The zero-order valence-corrected chi connectivity index (χ0v) is 29.5. The third kappa shape index (κ3) is 5.70. The Hall–Kier alpha value is -4.10. The molecular formula is C45H51N. The zero-order chi connectivity index (χ0) is 32.9. The summed E-state index contributed by atoms with van der Waals surface area (Å²) in [5.74, 6) is 0. The van der Waals surface area contributed by atoms with Crippen molar-refractivity contribution in [3.63, 3.8) is 0 Å². The van der Waals surface area contributed by atoms with Crippen LogP contribution >= 0.6 is 0 Å². The van der Waals surface area contributed by atoms with Gasteiger partial charge in [0.15, 0.2) is 0 Å². The Balaban J connectivity index is 1.34. The molecule has 0 aliphatic heterocycles. The highest BCUT2D eigenvalue weighted by Crippen LogP contribution is 2.51. The minimum atomic E-state index is -0.0420. The molecule has 0 N–H and O–H groups in total. The Labute approximate surface area is 278 Å². The van der Waals surface area contributed by atoms with Gasteiger partial charge in [-0.15, -0.1) is 0 Å². The molecule has 0 fully saturated rings. The maximum Gasteiger partial charge on any atom is 0.0462 e. The lowest BCUT2D eigenvalue weighted by atomic mass is 9.76. The molecule has 46 heavy (non-hydrogen) atoms. The maximum atomic E-state index is 2.49. The third-order valence-electron chi connectivity index (χ3n) is 10.9. The molecule has 0 unspecified atom stereocenters. The van der Waals surface area contributed by atoms with Crippen LogP contribution in [-0.4, -0.2) is 0 Å². The van der Waals surface area contributed by atoms with Crippen molar-refractivity contribution in [1.82, 2.24) is 0 Å². The van der Waals surface area contributed by atoms with Gasteiger partial charge in [0.05, 0.1) is 0 Å². The molecule has 0 aromatic heterocycles. The molecule has 5 aromatic rings. The first-order chi connectivity index (χ1) is 21.9. The lowest BCUT2D eigenvalue weighted by Gasteiger charge is -2.28. The van der Waals surface area contributed by atoms with E-state index in [1.54, 1.807) is 0 Å². The Morgan fingerprint density at radius 2 is 1.02 bits per heavy atom. The number of benzene rings is 5. The normalized spacial score (nSPS) is 13.8. The van der Waals surface area contributed by atoms with Crippen molar-refractivity contribution < 1.29 is 0 Å². The fourth-order valence-corrected chi connectivity index (χ4v) is 7.32. The molecule has 1 aliphatic rings. The molecule has 0 heterocycles. The maximum absolute atomic E-state index is 2.49. The van der Waals surface area contributed by atoms with Crippen molar-refractivity contribution in [3.05, 3.63) is 137 Å². The minimum Gasteiger partial charge on any atom is -0.311 e. The smallest absolute Gasteiger partial charge is 0.0462 e. The number of hydrogen-bond donors (Lipinski definition) is 0. The summed E-state index contributed by atoms with van der Waals surface area (Å²) in [5, 5.41) is 0. The van der Waals surface area contributed by atoms with E-state index in [0.29, 0.717) is 0 Å². The quantitative estimate of drug-likeness (QED) is 0.162. The lowest BCUT2D eigenvalue weighted by molar-refractivity contribution is 0.472. The Morgan fingerprint density at radius 3 is 1.59 bits per heavy atom. The van der Waals surface area contributed by atoms with Crippen molar-refractivity contribution in [2.45, 2.75) is 97.8 Å². The number of hydrogen-bond acceptors (Lipinski definition) is 1. The van der Waals surface area contributed by atoms with Gasteiger partial charge < -0.3 is 4.90 Å². The average molecular weight is 606 g/mol. The fraction of sp³-hybridized carbons (Fsp3) is 0.333. The van der Waals surface area contributed by atoms with Gasteiger partial charge in [0, 0.05) is 22.5 Å². The molecule has 1 nitrogen and oxygen atoms in total. The van der Waals surface area contributed by atoms with Crippen LogP contribution in [0.3, 0.4) is 0 Å². The Morgan fingerprint density at radius 1 is 0.543 bits per heavy atom. The number of nitrogens with zero attached hydrogens (tertiary/aromatic N) is 1. The molecule has 5 aromatic carbocycles. The standard InChI is InChI=1S/C45H51N/c1-10-28-44(6,7)35-19-27-40-39-26-16-33(29-41(39)45(8,9)42(40)30-35)32-14-22-37(23-15-32)46(36-20-12-31(3)13-21-36)38-24-17-34(18-25-38)43(4,5)11-2/h12-27,29-30H,10-11,28H2,1-9H3. The predicted molar refractivity (Wildman–Crippen MR) is 200 cm³/mol. The van der Waals surface area contributed by atoms with Gasteiger partial charge in [-0.1, -0.05) is 134 Å². The summed E-state index contributed by atoms with van der Waals surface area (Å²) >= 11 is 0. The van der Waals surface area contributed by atoms with E-state index < -0.39 is 0 Å². The van der Waals surface area contributed by atoms with Crippen LogP contribution in [0, 0.1) is 6.92 Å². The zero-order valence-electron chi connectivity index (χ0n) is 29.5. The van der Waals surface area contributed by atoms with Crippen molar-refractivity contribution in [2.24, 2.45) is 0 Å². The molecule has 0 amide bonds. The van der Waals surface area contributed by atoms with E-state index in [1.807, 2.05) is 0 Å². The van der Waals surface area contributed by atoms with E-state index in [9.17, 15) is 0 Å². The molecule has 0 saturated carbocycles. The van der Waals surface area contributed by atoms with Gasteiger partial charge in [0.1, 0.15) is 0 Å². The van der Waals surface area contributed by atoms with Crippen molar-refractivity contribution in [2.75, 3.05) is 4.90 Å². The van der Waals surface area contributed by atoms with Gasteiger partial charge >= 0.3 is 0 Å². The first kappa shape index (κ1) is 31.9. The third-order valence-corrected chi connectivity index (χ3v) is 10.9. The van der Waals surface area contributed by atoms with E-state index in [-0.39, 0.29) is 16.2 Å². The lowest BCUT2D eigenvalue weighted by Crippen LogP contribution is -2.19. The van der Waals surface area contributed by atoms with Crippen LogP contribution in [-0.2, 0) is 16.2 Å². The summed E-state index contributed by atoms with van der Waals surface area (Å²) in [7, 11) is 0. The highest BCUT2D eigenvalue weighted by Gasteiger charge is 2.37. The summed E-state index contributed by atoms with van der Waals surface area (Å²) in [5.41, 5.74) is 16.0. The number of rotatable bonds is 9. The molecule has 0 radical (unpaired) electrons. The second-order valence-corrected chi connectivity index (χ2v) is 15.3.